The van der Waals surface area contributed by atoms with Crippen molar-refractivity contribution >= 4 is 23.4 Å². The Balaban J connectivity index is 1.54. The third-order valence-corrected chi connectivity index (χ3v) is 5.08. The van der Waals surface area contributed by atoms with Crippen molar-refractivity contribution in [1.29, 1.82) is 0 Å². The van der Waals surface area contributed by atoms with Crippen LogP contribution in [0.1, 0.15) is 33.1 Å². The number of rotatable bonds is 6. The molecule has 8 nitrogen and oxygen atoms in total. The summed E-state index contributed by atoms with van der Waals surface area (Å²) in [5.74, 6) is -4.42. The second kappa shape index (κ2) is 8.94. The maximum absolute atomic E-state index is 13.1. The summed E-state index contributed by atoms with van der Waals surface area (Å²) in [6.07, 6.45) is 1.66. The van der Waals surface area contributed by atoms with Gasteiger partial charge in [-0.15, -0.1) is 0 Å². The number of nitrogens with one attached hydrogen (secondary N) is 2. The lowest BCUT2D eigenvalue weighted by Gasteiger charge is -2.28. The molecule has 2 aromatic carbocycles. The number of hydrogen-bond acceptors (Lipinski definition) is 6. The van der Waals surface area contributed by atoms with Gasteiger partial charge in [0, 0.05) is 24.0 Å². The van der Waals surface area contributed by atoms with Gasteiger partial charge in [-0.25, -0.2) is 4.39 Å². The minimum atomic E-state index is -1.39. The van der Waals surface area contributed by atoms with Crippen LogP contribution in [0.3, 0.4) is 0 Å². The van der Waals surface area contributed by atoms with E-state index in [4.69, 9.17) is 0 Å². The highest BCUT2D eigenvalue weighted by Gasteiger charge is 2.42. The van der Waals surface area contributed by atoms with Crippen molar-refractivity contribution in [2.75, 3.05) is 5.32 Å². The molecule has 0 bridgehead atoms. The van der Waals surface area contributed by atoms with Gasteiger partial charge in [-0.3, -0.25) is 24.6 Å². The molecule has 0 radical (unpaired) electrons. The van der Waals surface area contributed by atoms with Gasteiger partial charge in [0.1, 0.15) is 11.7 Å². The van der Waals surface area contributed by atoms with E-state index in [-0.39, 0.29) is 22.7 Å². The topological polar surface area (TPSA) is 112 Å². The fourth-order valence-electron chi connectivity index (χ4n) is 3.41. The van der Waals surface area contributed by atoms with Crippen LogP contribution in [0.25, 0.3) is 0 Å². The summed E-state index contributed by atoms with van der Waals surface area (Å²) >= 11 is 0. The Morgan fingerprint density at radius 2 is 1.84 bits per heavy atom. The zero-order valence-corrected chi connectivity index (χ0v) is 16.8. The summed E-state index contributed by atoms with van der Waals surface area (Å²) in [6, 6.07) is 15.7. The molecule has 1 unspecified atom stereocenters. The van der Waals surface area contributed by atoms with Crippen LogP contribution in [0.15, 0.2) is 66.9 Å². The van der Waals surface area contributed by atoms with E-state index < -0.39 is 29.5 Å². The van der Waals surface area contributed by atoms with E-state index in [1.807, 2.05) is 12.1 Å². The van der Waals surface area contributed by atoms with Gasteiger partial charge < -0.3 is 10.6 Å². The maximum Gasteiger partial charge on any atom is 0.285 e. The van der Waals surface area contributed by atoms with Gasteiger partial charge >= 0.3 is 0 Å². The molecule has 1 atom stereocenters. The van der Waals surface area contributed by atoms with Crippen LogP contribution in [0.2, 0.25) is 0 Å². The Morgan fingerprint density at radius 3 is 2.56 bits per heavy atom. The normalized spacial score (nSPS) is 15.3. The number of pyridine rings is 1. The summed E-state index contributed by atoms with van der Waals surface area (Å²) in [4.78, 5) is 42.0. The molecule has 0 saturated carbocycles. The smallest absolute Gasteiger partial charge is 0.285 e. The Morgan fingerprint density at radius 1 is 1.06 bits per heavy atom. The second-order valence-corrected chi connectivity index (χ2v) is 7.21. The number of carbonyl (C=O) groups is 3. The number of halogens is 1. The summed E-state index contributed by atoms with van der Waals surface area (Å²) in [5.41, 5.74) is 2.23. The van der Waals surface area contributed by atoms with Crippen LogP contribution in [-0.4, -0.2) is 33.0 Å². The first-order chi connectivity index (χ1) is 15.4. The third-order valence-electron chi connectivity index (χ3n) is 5.08. The van der Waals surface area contributed by atoms with Crippen molar-refractivity contribution in [2.24, 2.45) is 0 Å². The molecule has 3 aromatic rings. The van der Waals surface area contributed by atoms with Gasteiger partial charge in [-0.1, -0.05) is 24.3 Å². The number of carbonyl (C=O) groups excluding carboxylic acids is 3. The first-order valence-corrected chi connectivity index (χ1v) is 9.81. The molecular weight excluding hydrogens is 415 g/mol. The third kappa shape index (κ3) is 4.33. The van der Waals surface area contributed by atoms with E-state index in [1.165, 1.54) is 36.4 Å². The molecule has 2 heterocycles. The van der Waals surface area contributed by atoms with Crippen molar-refractivity contribution in [1.82, 2.24) is 15.4 Å². The molecule has 0 spiro atoms. The molecule has 0 fully saturated rings. The first kappa shape index (κ1) is 21.1. The SMILES string of the molecule is O=C(NCc1ccc(F)cc1)C1C(=O)N(O)C(=O)c2cc(NCc3ccccn3)ccc21. The number of imide groups is 1. The van der Waals surface area contributed by atoms with E-state index in [2.05, 4.69) is 15.6 Å². The molecule has 0 saturated heterocycles. The number of nitrogens with zero attached hydrogens (tertiary/aromatic N) is 2. The minimum Gasteiger partial charge on any atom is -0.379 e. The van der Waals surface area contributed by atoms with E-state index in [0.717, 1.165) is 5.69 Å². The highest BCUT2D eigenvalue weighted by Crippen LogP contribution is 2.31. The number of hydroxylamine groups is 2. The quantitative estimate of drug-likeness (QED) is 0.312. The second-order valence-electron chi connectivity index (χ2n) is 7.21. The lowest BCUT2D eigenvalue weighted by atomic mass is 9.88. The molecule has 162 valence electrons. The summed E-state index contributed by atoms with van der Waals surface area (Å²) in [6.45, 7) is 0.457. The Hall–Kier alpha value is -4.11. The zero-order valence-electron chi connectivity index (χ0n) is 16.8. The van der Waals surface area contributed by atoms with Crippen molar-refractivity contribution < 1.29 is 24.0 Å². The average molecular weight is 434 g/mol. The van der Waals surface area contributed by atoms with Crippen LogP contribution in [0.5, 0.6) is 0 Å². The molecular formula is C23H19FN4O4. The number of fused-ring (bicyclic) bond motifs is 1. The standard InChI is InChI=1S/C23H19FN4O4/c24-15-6-4-14(5-7-15)12-27-21(29)20-18-9-8-16(26-13-17-3-1-2-10-25-17)11-19(18)22(30)28(32)23(20)31/h1-11,20,26,32H,12-13H2,(H,27,29). The van der Waals surface area contributed by atoms with Crippen LogP contribution in [0.4, 0.5) is 10.1 Å². The zero-order chi connectivity index (χ0) is 22.7. The van der Waals surface area contributed by atoms with Crippen molar-refractivity contribution in [3.8, 4) is 0 Å². The fourth-order valence-corrected chi connectivity index (χ4v) is 3.41. The van der Waals surface area contributed by atoms with Crippen LogP contribution < -0.4 is 10.6 Å². The summed E-state index contributed by atoms with van der Waals surface area (Å²) in [7, 11) is 0. The lowest BCUT2D eigenvalue weighted by Crippen LogP contribution is -2.47. The number of benzene rings is 2. The number of amides is 3. The molecule has 32 heavy (non-hydrogen) atoms. The predicted octanol–water partition coefficient (Wildman–Crippen LogP) is 2.60. The Labute approximate surface area is 182 Å². The van der Waals surface area contributed by atoms with Gasteiger partial charge in [0.15, 0.2) is 0 Å². The van der Waals surface area contributed by atoms with Crippen molar-refractivity contribution in [2.45, 2.75) is 19.0 Å². The van der Waals surface area contributed by atoms with E-state index in [0.29, 0.717) is 17.8 Å². The molecule has 9 heteroatoms. The van der Waals surface area contributed by atoms with E-state index in [1.54, 1.807) is 18.3 Å². The highest BCUT2D eigenvalue weighted by atomic mass is 19.1. The summed E-state index contributed by atoms with van der Waals surface area (Å²) < 4.78 is 13.1. The maximum atomic E-state index is 13.1. The Bertz CT molecular complexity index is 1170. The molecule has 1 aliphatic rings. The molecule has 3 amide bonds. The molecule has 1 aliphatic heterocycles. The minimum absolute atomic E-state index is 0.0347. The van der Waals surface area contributed by atoms with Crippen LogP contribution >= 0.6 is 0 Å². The van der Waals surface area contributed by atoms with Gasteiger partial charge in [0.25, 0.3) is 11.8 Å². The van der Waals surface area contributed by atoms with E-state index >= 15 is 0 Å². The van der Waals surface area contributed by atoms with Crippen LogP contribution in [0, 0.1) is 5.82 Å². The van der Waals surface area contributed by atoms with E-state index in [9.17, 15) is 24.0 Å². The van der Waals surface area contributed by atoms with Crippen molar-refractivity contribution in [3.63, 3.8) is 0 Å². The van der Waals surface area contributed by atoms with Gasteiger partial charge in [0.05, 0.1) is 12.2 Å². The number of hydrogen-bond donors (Lipinski definition) is 3. The molecule has 4 rings (SSSR count). The Kier molecular flexibility index (Phi) is 5.91. The first-order valence-electron chi connectivity index (χ1n) is 9.81. The van der Waals surface area contributed by atoms with Crippen LogP contribution in [-0.2, 0) is 22.7 Å². The largest absolute Gasteiger partial charge is 0.379 e. The van der Waals surface area contributed by atoms with Gasteiger partial charge in [-0.2, -0.15) is 5.06 Å². The molecule has 0 aliphatic carbocycles. The van der Waals surface area contributed by atoms with Gasteiger partial charge in [0.2, 0.25) is 5.91 Å². The monoisotopic (exact) mass is 434 g/mol. The number of aromatic nitrogens is 1. The summed E-state index contributed by atoms with van der Waals surface area (Å²) in [5, 5.41) is 15.7. The number of anilines is 1. The molecule has 3 N–H and O–H groups in total. The average Bonchev–Trinajstić information content (AvgIpc) is 2.82. The van der Waals surface area contributed by atoms with Crippen molar-refractivity contribution in [3.05, 3.63) is 95.1 Å². The van der Waals surface area contributed by atoms with Gasteiger partial charge in [-0.05, 0) is 47.5 Å². The predicted molar refractivity (Wildman–Crippen MR) is 112 cm³/mol. The molecule has 1 aromatic heterocycles. The fraction of sp³-hybridized carbons (Fsp3) is 0.130. The lowest BCUT2D eigenvalue weighted by molar-refractivity contribution is -0.158. The highest BCUT2D eigenvalue weighted by molar-refractivity contribution is 6.18.